The molecule has 1 aliphatic heterocycles. The summed E-state index contributed by atoms with van der Waals surface area (Å²) in [7, 11) is -1.73. The molecule has 0 bridgehead atoms. The minimum Gasteiger partial charge on any atom is -0.416 e. The molecule has 0 fully saturated rings. The third kappa shape index (κ3) is 4.38. The molecule has 2 rings (SSSR count). The van der Waals surface area contributed by atoms with Crippen molar-refractivity contribution in [1.29, 1.82) is 5.26 Å². The summed E-state index contributed by atoms with van der Waals surface area (Å²) >= 11 is 0. The number of hydrogen-bond acceptors (Lipinski definition) is 3. The number of nitrogens with zero attached hydrogens (tertiary/aromatic N) is 2. The van der Waals surface area contributed by atoms with Gasteiger partial charge in [0.1, 0.15) is 0 Å². The quantitative estimate of drug-likeness (QED) is 0.746. The number of nitriles is 1. The topological polar surface area (TPSA) is 36.3 Å². The van der Waals surface area contributed by atoms with E-state index in [0.29, 0.717) is 6.61 Å². The molecule has 0 aliphatic carbocycles. The molecule has 0 saturated heterocycles. The van der Waals surface area contributed by atoms with Gasteiger partial charge in [-0.25, -0.2) is 5.26 Å². The van der Waals surface area contributed by atoms with Gasteiger partial charge in [0.15, 0.2) is 8.32 Å². The highest BCUT2D eigenvalue weighted by molar-refractivity contribution is 6.83. The summed E-state index contributed by atoms with van der Waals surface area (Å²) < 4.78 is 6.30. The Morgan fingerprint density at radius 2 is 1.92 bits per heavy atom. The van der Waals surface area contributed by atoms with Gasteiger partial charge < -0.3 is 9.24 Å². The van der Waals surface area contributed by atoms with Crippen LogP contribution in [0.5, 0.6) is 0 Å². The lowest BCUT2D eigenvalue weighted by Gasteiger charge is -2.37. The fourth-order valence-electron chi connectivity index (χ4n) is 2.76. The van der Waals surface area contributed by atoms with E-state index < -0.39 is 8.32 Å². The molecule has 3 nitrogen and oxygen atoms in total. The van der Waals surface area contributed by atoms with Crippen molar-refractivity contribution < 1.29 is 4.43 Å². The highest BCUT2D eigenvalue weighted by Gasteiger charge is 2.37. The van der Waals surface area contributed by atoms with E-state index in [2.05, 4.69) is 62.9 Å². The maximum atomic E-state index is 9.72. The highest BCUT2D eigenvalue weighted by atomic mass is 28.4. The molecule has 1 aliphatic rings. The van der Waals surface area contributed by atoms with Gasteiger partial charge in [0.2, 0.25) is 0 Å². The molecule has 0 radical (unpaired) electrons. The smallest absolute Gasteiger partial charge is 0.382 e. The first-order chi connectivity index (χ1) is 11.3. The molecule has 0 atom stereocenters. The Bertz CT molecular complexity index is 616. The van der Waals surface area contributed by atoms with Crippen LogP contribution in [0.1, 0.15) is 32.8 Å². The standard InChI is InChI=1S/C19H29BN2OSi/c1-19(2,3)24(4,5)23-15-14-22-13-9-12-18(20(22)16-21)17-10-7-6-8-11-17/h6-8,10-12H,9,13-15H2,1-5H3. The lowest BCUT2D eigenvalue weighted by Crippen LogP contribution is -2.47. The van der Waals surface area contributed by atoms with E-state index in [1.54, 1.807) is 0 Å². The van der Waals surface area contributed by atoms with Crippen molar-refractivity contribution in [2.24, 2.45) is 0 Å². The van der Waals surface area contributed by atoms with Crippen molar-refractivity contribution in [2.45, 2.75) is 45.3 Å². The van der Waals surface area contributed by atoms with E-state index in [0.717, 1.165) is 30.5 Å². The van der Waals surface area contributed by atoms with Crippen LogP contribution in [0.4, 0.5) is 0 Å². The number of hydrogen-bond donors (Lipinski definition) is 0. The minimum absolute atomic E-state index is 0.177. The Labute approximate surface area is 148 Å². The third-order valence-electron chi connectivity index (χ3n) is 5.32. The van der Waals surface area contributed by atoms with Crippen LogP contribution in [-0.2, 0) is 4.43 Å². The predicted octanol–water partition coefficient (Wildman–Crippen LogP) is 4.39. The normalized spacial score (nSPS) is 16.7. The maximum absolute atomic E-state index is 9.72. The Morgan fingerprint density at radius 1 is 1.25 bits per heavy atom. The summed E-state index contributed by atoms with van der Waals surface area (Å²) in [6.07, 6.45) is 3.21. The van der Waals surface area contributed by atoms with Gasteiger partial charge in [-0.3, -0.25) is 0 Å². The summed E-state index contributed by atoms with van der Waals surface area (Å²) in [6, 6.07) is 10.3. The lowest BCUT2D eigenvalue weighted by molar-refractivity contribution is 0.253. The van der Waals surface area contributed by atoms with E-state index >= 15 is 0 Å². The molecule has 1 heterocycles. The summed E-state index contributed by atoms with van der Waals surface area (Å²) in [6.45, 7) is 13.6. The lowest BCUT2D eigenvalue weighted by atomic mass is 9.51. The first kappa shape index (κ1) is 19.0. The van der Waals surface area contributed by atoms with E-state index in [9.17, 15) is 5.26 Å². The summed E-state index contributed by atoms with van der Waals surface area (Å²) in [5.74, 6) is 2.49. The average molecular weight is 340 g/mol. The van der Waals surface area contributed by atoms with Gasteiger partial charge in [-0.15, -0.1) is 0 Å². The molecular weight excluding hydrogens is 311 g/mol. The van der Waals surface area contributed by atoms with Crippen LogP contribution in [0.15, 0.2) is 36.4 Å². The van der Waals surface area contributed by atoms with Crippen molar-refractivity contribution >= 4 is 20.6 Å². The molecule has 24 heavy (non-hydrogen) atoms. The molecule has 1 aromatic rings. The minimum atomic E-state index is -1.73. The largest absolute Gasteiger partial charge is 0.416 e. The second kappa shape index (κ2) is 7.69. The first-order valence-electron chi connectivity index (χ1n) is 8.79. The molecule has 0 amide bonds. The van der Waals surface area contributed by atoms with Gasteiger partial charge in [-0.1, -0.05) is 57.2 Å². The van der Waals surface area contributed by atoms with E-state index in [1.165, 1.54) is 0 Å². The zero-order valence-corrected chi connectivity index (χ0v) is 16.7. The molecular formula is C19H29BN2OSi. The third-order valence-corrected chi connectivity index (χ3v) is 9.86. The molecule has 0 N–H and O–H groups in total. The van der Waals surface area contributed by atoms with Crippen LogP contribution in [0.3, 0.4) is 0 Å². The highest BCUT2D eigenvalue weighted by Crippen LogP contribution is 2.36. The average Bonchev–Trinajstić information content (AvgIpc) is 2.54. The van der Waals surface area contributed by atoms with Crippen molar-refractivity contribution in [3.05, 3.63) is 42.0 Å². The zero-order chi connectivity index (χ0) is 17.8. The van der Waals surface area contributed by atoms with Crippen LogP contribution < -0.4 is 0 Å². The Balaban J connectivity index is 2.02. The van der Waals surface area contributed by atoms with Gasteiger partial charge >= 0.3 is 6.85 Å². The fourth-order valence-corrected chi connectivity index (χ4v) is 3.79. The number of benzene rings is 1. The van der Waals surface area contributed by atoms with Crippen LogP contribution in [-0.4, -0.2) is 39.7 Å². The van der Waals surface area contributed by atoms with Crippen LogP contribution >= 0.6 is 0 Å². The SMILES string of the molecule is CC(C)(C)[Si](C)(C)OCCN1CCC=C(c2ccccc2)B1C#N. The van der Waals surface area contributed by atoms with Crippen molar-refractivity contribution in [3.8, 4) is 5.97 Å². The zero-order valence-electron chi connectivity index (χ0n) is 15.7. The van der Waals surface area contributed by atoms with Crippen LogP contribution in [0, 0.1) is 11.2 Å². The van der Waals surface area contributed by atoms with Gasteiger partial charge in [0.25, 0.3) is 0 Å². The number of rotatable bonds is 5. The van der Waals surface area contributed by atoms with Crippen molar-refractivity contribution in [3.63, 3.8) is 0 Å². The monoisotopic (exact) mass is 340 g/mol. The summed E-state index contributed by atoms with van der Waals surface area (Å²) in [4.78, 5) is 2.26. The molecule has 5 heteroatoms. The van der Waals surface area contributed by atoms with Gasteiger partial charge in [-0.05, 0) is 42.1 Å². The molecule has 0 unspecified atom stereocenters. The summed E-state index contributed by atoms with van der Waals surface area (Å²) in [5, 5.41) is 9.94. The van der Waals surface area contributed by atoms with Crippen LogP contribution in [0.25, 0.3) is 5.47 Å². The Hall–Kier alpha value is -1.35. The van der Waals surface area contributed by atoms with E-state index in [1.807, 2.05) is 18.2 Å². The Kier molecular flexibility index (Phi) is 6.08. The molecule has 0 aromatic heterocycles. The molecule has 128 valence electrons. The van der Waals surface area contributed by atoms with Crippen molar-refractivity contribution in [2.75, 3.05) is 19.7 Å². The van der Waals surface area contributed by atoms with Crippen molar-refractivity contribution in [1.82, 2.24) is 4.81 Å². The second-order valence-electron chi connectivity index (χ2n) is 7.99. The Morgan fingerprint density at radius 3 is 2.50 bits per heavy atom. The second-order valence-corrected chi connectivity index (χ2v) is 12.8. The van der Waals surface area contributed by atoms with Gasteiger partial charge in [-0.2, -0.15) is 0 Å². The predicted molar refractivity (Wildman–Crippen MR) is 105 cm³/mol. The molecule has 0 spiro atoms. The summed E-state index contributed by atoms with van der Waals surface area (Å²) in [5.41, 5.74) is 2.29. The molecule has 0 saturated carbocycles. The van der Waals surface area contributed by atoms with Crippen LogP contribution in [0.2, 0.25) is 18.1 Å². The fraction of sp³-hybridized carbons (Fsp3) is 0.526. The van der Waals surface area contributed by atoms with E-state index in [-0.39, 0.29) is 11.9 Å². The van der Waals surface area contributed by atoms with Gasteiger partial charge in [0.05, 0.1) is 0 Å². The van der Waals surface area contributed by atoms with Gasteiger partial charge in [0, 0.05) is 19.1 Å². The van der Waals surface area contributed by atoms with E-state index in [4.69, 9.17) is 4.43 Å². The maximum Gasteiger partial charge on any atom is 0.382 e. The molecule has 1 aromatic carbocycles. The first-order valence-corrected chi connectivity index (χ1v) is 11.7.